The maximum absolute atomic E-state index is 13.1. The Kier molecular flexibility index (Phi) is 5.28. The fraction of sp³-hybridized carbons (Fsp3) is 0.611. The van der Waals surface area contributed by atoms with E-state index in [9.17, 15) is 9.18 Å². The molecule has 3 N–H and O–H groups in total. The van der Waals surface area contributed by atoms with E-state index in [0.717, 1.165) is 31.5 Å². The number of benzene rings is 1. The van der Waals surface area contributed by atoms with Gasteiger partial charge in [-0.25, -0.2) is 4.39 Å². The predicted molar refractivity (Wildman–Crippen MR) is 88.3 cm³/mol. The third-order valence-electron chi connectivity index (χ3n) is 4.87. The molecule has 2 aliphatic rings. The summed E-state index contributed by atoms with van der Waals surface area (Å²) < 4.78 is 13.1. The van der Waals surface area contributed by atoms with Crippen molar-refractivity contribution >= 4 is 5.91 Å². The van der Waals surface area contributed by atoms with E-state index in [1.165, 1.54) is 31.4 Å². The molecule has 2 fully saturated rings. The Morgan fingerprint density at radius 1 is 1.22 bits per heavy atom. The molecule has 1 aromatic rings. The first-order chi connectivity index (χ1) is 11.1. The molecule has 0 aromatic heterocycles. The number of nitrogens with two attached hydrogens (primary N) is 1. The third-order valence-corrected chi connectivity index (χ3v) is 4.87. The quantitative estimate of drug-likeness (QED) is 0.845. The lowest BCUT2D eigenvalue weighted by atomic mass is 10.0. The molecule has 2 atom stereocenters. The summed E-state index contributed by atoms with van der Waals surface area (Å²) in [7, 11) is 0. The normalized spacial score (nSPS) is 21.0. The van der Waals surface area contributed by atoms with Gasteiger partial charge in [0.15, 0.2) is 0 Å². The van der Waals surface area contributed by atoms with Crippen LogP contribution in [0.4, 0.5) is 4.39 Å². The lowest BCUT2D eigenvalue weighted by molar-refractivity contribution is -0.133. The van der Waals surface area contributed by atoms with Crippen molar-refractivity contribution in [1.29, 1.82) is 0 Å². The van der Waals surface area contributed by atoms with Gasteiger partial charge in [0, 0.05) is 25.7 Å². The number of carbonyl (C=O) groups is 1. The van der Waals surface area contributed by atoms with Crippen molar-refractivity contribution in [3.63, 3.8) is 0 Å². The second kappa shape index (κ2) is 7.41. The molecule has 0 spiro atoms. The first-order valence-electron chi connectivity index (χ1n) is 8.68. The monoisotopic (exact) mass is 319 g/mol. The van der Waals surface area contributed by atoms with Gasteiger partial charge in [0.2, 0.25) is 5.91 Å². The molecule has 2 unspecified atom stereocenters. The number of hydrogen-bond acceptors (Lipinski definition) is 3. The maximum atomic E-state index is 13.1. The Morgan fingerprint density at radius 2 is 1.87 bits per heavy atom. The third kappa shape index (κ3) is 4.30. The molecule has 1 saturated carbocycles. The molecule has 1 heterocycles. The summed E-state index contributed by atoms with van der Waals surface area (Å²) in [4.78, 5) is 14.3. The second-order valence-electron chi connectivity index (χ2n) is 6.77. The van der Waals surface area contributed by atoms with E-state index < -0.39 is 6.04 Å². The van der Waals surface area contributed by atoms with Crippen molar-refractivity contribution in [1.82, 2.24) is 10.2 Å². The summed E-state index contributed by atoms with van der Waals surface area (Å²) >= 11 is 0. The van der Waals surface area contributed by atoms with E-state index in [1.54, 1.807) is 0 Å². The zero-order chi connectivity index (χ0) is 16.2. The van der Waals surface area contributed by atoms with Gasteiger partial charge < -0.3 is 16.0 Å². The molecule has 0 radical (unpaired) electrons. The highest BCUT2D eigenvalue weighted by molar-refractivity contribution is 5.82. The molecule has 1 amide bonds. The van der Waals surface area contributed by atoms with Gasteiger partial charge in [-0.3, -0.25) is 4.79 Å². The average molecular weight is 319 g/mol. The number of amides is 1. The number of piperidine rings is 1. The first-order valence-corrected chi connectivity index (χ1v) is 8.68. The van der Waals surface area contributed by atoms with Crippen molar-refractivity contribution in [2.75, 3.05) is 19.6 Å². The average Bonchev–Trinajstić information content (AvgIpc) is 3.41. The van der Waals surface area contributed by atoms with Crippen LogP contribution in [0.1, 0.15) is 43.7 Å². The molecular weight excluding hydrogens is 293 g/mol. The van der Waals surface area contributed by atoms with E-state index in [0.29, 0.717) is 12.5 Å². The van der Waals surface area contributed by atoms with Gasteiger partial charge >= 0.3 is 0 Å². The molecule has 126 valence electrons. The first kappa shape index (κ1) is 16.4. The van der Waals surface area contributed by atoms with Crippen LogP contribution in [-0.2, 0) is 4.79 Å². The molecule has 1 aromatic carbocycles. The smallest absolute Gasteiger partial charge is 0.240 e. The van der Waals surface area contributed by atoms with Gasteiger partial charge in [-0.15, -0.1) is 0 Å². The van der Waals surface area contributed by atoms with Gasteiger partial charge in [-0.1, -0.05) is 12.1 Å². The fourth-order valence-electron chi connectivity index (χ4n) is 3.35. The summed E-state index contributed by atoms with van der Waals surface area (Å²) in [6.45, 7) is 2.13. The summed E-state index contributed by atoms with van der Waals surface area (Å²) in [5, 5.41) is 3.44. The topological polar surface area (TPSA) is 58.4 Å². The van der Waals surface area contributed by atoms with Crippen LogP contribution in [0, 0.1) is 11.7 Å². The van der Waals surface area contributed by atoms with Gasteiger partial charge in [0.05, 0.1) is 6.04 Å². The number of halogens is 1. The lowest BCUT2D eigenvalue weighted by Gasteiger charge is -2.30. The largest absolute Gasteiger partial charge is 0.341 e. The standard InChI is InChI=1S/C18H26FN3O/c19-15-8-6-14(7-9-15)17(13-4-5-13)21-12-16(20)18(23)22-10-2-1-3-11-22/h6-9,13,16-17,21H,1-5,10-12,20H2. The van der Waals surface area contributed by atoms with E-state index in [4.69, 9.17) is 5.73 Å². The molecule has 5 heteroatoms. The van der Waals surface area contributed by atoms with E-state index >= 15 is 0 Å². The van der Waals surface area contributed by atoms with Gasteiger partial charge in [0.25, 0.3) is 0 Å². The van der Waals surface area contributed by atoms with Crippen LogP contribution in [0.5, 0.6) is 0 Å². The van der Waals surface area contributed by atoms with Crippen LogP contribution in [0.25, 0.3) is 0 Å². The minimum Gasteiger partial charge on any atom is -0.341 e. The summed E-state index contributed by atoms with van der Waals surface area (Å²) in [5.41, 5.74) is 7.18. The van der Waals surface area contributed by atoms with E-state index in [-0.39, 0.29) is 17.8 Å². The summed E-state index contributed by atoms with van der Waals surface area (Å²) in [5.74, 6) is 0.392. The Morgan fingerprint density at radius 3 is 2.48 bits per heavy atom. The Hall–Kier alpha value is -1.46. The zero-order valence-electron chi connectivity index (χ0n) is 13.5. The number of hydrogen-bond donors (Lipinski definition) is 2. The van der Waals surface area contributed by atoms with Crippen LogP contribution in [-0.4, -0.2) is 36.5 Å². The van der Waals surface area contributed by atoms with Gasteiger partial charge in [-0.2, -0.15) is 0 Å². The van der Waals surface area contributed by atoms with E-state index in [1.807, 2.05) is 17.0 Å². The molecule has 4 nitrogen and oxygen atoms in total. The number of carbonyl (C=O) groups excluding carboxylic acids is 1. The highest BCUT2D eigenvalue weighted by Crippen LogP contribution is 2.40. The molecular formula is C18H26FN3O. The van der Waals surface area contributed by atoms with Crippen molar-refractivity contribution < 1.29 is 9.18 Å². The number of nitrogens with one attached hydrogen (secondary N) is 1. The lowest BCUT2D eigenvalue weighted by Crippen LogP contribution is -2.50. The molecule has 3 rings (SSSR count). The van der Waals surface area contributed by atoms with Crippen LogP contribution < -0.4 is 11.1 Å². The van der Waals surface area contributed by atoms with Gasteiger partial charge in [0.1, 0.15) is 5.82 Å². The summed E-state index contributed by atoms with van der Waals surface area (Å²) in [6.07, 6.45) is 5.69. The molecule has 1 aliphatic heterocycles. The second-order valence-corrected chi connectivity index (χ2v) is 6.77. The predicted octanol–water partition coefficient (Wildman–Crippen LogP) is 2.21. The SMILES string of the molecule is NC(CNC(c1ccc(F)cc1)C1CC1)C(=O)N1CCCCC1. The maximum Gasteiger partial charge on any atom is 0.240 e. The minimum atomic E-state index is -0.505. The van der Waals surface area contributed by atoms with Crippen molar-refractivity contribution in [2.45, 2.75) is 44.2 Å². The summed E-state index contributed by atoms with van der Waals surface area (Å²) in [6, 6.07) is 6.29. The Balaban J connectivity index is 1.56. The van der Waals surface area contributed by atoms with E-state index in [2.05, 4.69) is 5.32 Å². The highest BCUT2D eigenvalue weighted by Gasteiger charge is 2.33. The molecule has 1 saturated heterocycles. The number of likely N-dealkylation sites (tertiary alicyclic amines) is 1. The van der Waals surface area contributed by atoms with Crippen LogP contribution in [0.3, 0.4) is 0 Å². The molecule has 1 aliphatic carbocycles. The van der Waals surface area contributed by atoms with Gasteiger partial charge in [-0.05, 0) is 55.7 Å². The van der Waals surface area contributed by atoms with Crippen LogP contribution in [0.15, 0.2) is 24.3 Å². The van der Waals surface area contributed by atoms with Crippen molar-refractivity contribution in [2.24, 2.45) is 11.7 Å². The van der Waals surface area contributed by atoms with Crippen molar-refractivity contribution in [3.8, 4) is 0 Å². The number of rotatable bonds is 6. The highest BCUT2D eigenvalue weighted by atomic mass is 19.1. The van der Waals surface area contributed by atoms with Crippen molar-refractivity contribution in [3.05, 3.63) is 35.6 Å². The van der Waals surface area contributed by atoms with Crippen LogP contribution >= 0.6 is 0 Å². The van der Waals surface area contributed by atoms with Crippen LogP contribution in [0.2, 0.25) is 0 Å². The number of nitrogens with zero attached hydrogens (tertiary/aromatic N) is 1. The Labute approximate surface area is 137 Å². The fourth-order valence-corrected chi connectivity index (χ4v) is 3.35. The molecule has 23 heavy (non-hydrogen) atoms. The Bertz CT molecular complexity index is 524. The zero-order valence-corrected chi connectivity index (χ0v) is 13.5. The minimum absolute atomic E-state index is 0.0471. The molecule has 0 bridgehead atoms.